The van der Waals surface area contributed by atoms with Gasteiger partial charge < -0.3 is 5.73 Å². The number of benzene rings is 1. The fourth-order valence-electron chi connectivity index (χ4n) is 2.71. The molecule has 2 heteroatoms. The monoisotopic (exact) mass is 262 g/mol. The smallest absolute Gasteiger partial charge is 0.0473 e. The van der Waals surface area contributed by atoms with Gasteiger partial charge in [-0.15, -0.1) is 0 Å². The lowest BCUT2D eigenvalue weighted by Gasteiger charge is -2.31. The van der Waals surface area contributed by atoms with Crippen LogP contribution in [-0.4, -0.2) is 24.5 Å². The average Bonchev–Trinajstić information content (AvgIpc) is 2.39. The van der Waals surface area contributed by atoms with Crippen LogP contribution in [0.1, 0.15) is 55.0 Å². The van der Waals surface area contributed by atoms with Gasteiger partial charge in [-0.3, -0.25) is 4.90 Å². The van der Waals surface area contributed by atoms with Gasteiger partial charge in [-0.05, 0) is 62.5 Å². The van der Waals surface area contributed by atoms with E-state index >= 15 is 0 Å². The van der Waals surface area contributed by atoms with Gasteiger partial charge in [-0.2, -0.15) is 0 Å². The molecule has 19 heavy (non-hydrogen) atoms. The molecule has 1 rings (SSSR count). The number of likely N-dealkylation sites (N-methyl/N-ethyl adjacent to an activating group) is 1. The van der Waals surface area contributed by atoms with Crippen LogP contribution in [-0.2, 0) is 0 Å². The van der Waals surface area contributed by atoms with Crippen molar-refractivity contribution in [1.82, 2.24) is 4.90 Å². The molecule has 0 spiro atoms. The van der Waals surface area contributed by atoms with Crippen LogP contribution in [0.4, 0.5) is 0 Å². The molecule has 0 aliphatic carbocycles. The Bertz CT molecular complexity index is 398. The molecule has 0 heterocycles. The quantitative estimate of drug-likeness (QED) is 0.811. The highest BCUT2D eigenvalue weighted by atomic mass is 15.2. The Labute approximate surface area is 119 Å². The molecule has 1 aromatic rings. The molecule has 1 unspecified atom stereocenters. The highest BCUT2D eigenvalue weighted by molar-refractivity contribution is 5.38. The molecular formula is C17H30N2. The lowest BCUT2D eigenvalue weighted by Crippen LogP contribution is -2.35. The largest absolute Gasteiger partial charge is 0.329 e. The van der Waals surface area contributed by atoms with Gasteiger partial charge in [0.05, 0.1) is 0 Å². The van der Waals surface area contributed by atoms with Gasteiger partial charge in [-0.1, -0.05) is 32.4 Å². The molecule has 108 valence electrons. The highest BCUT2D eigenvalue weighted by Gasteiger charge is 2.19. The Morgan fingerprint density at radius 1 is 1.05 bits per heavy atom. The fourth-order valence-corrected chi connectivity index (χ4v) is 2.71. The van der Waals surface area contributed by atoms with E-state index in [2.05, 4.69) is 51.7 Å². The molecule has 1 atom stereocenters. The third-order valence-corrected chi connectivity index (χ3v) is 4.11. The van der Waals surface area contributed by atoms with Crippen LogP contribution < -0.4 is 5.73 Å². The number of unbranched alkanes of at least 4 members (excludes halogenated alkanes) is 1. The summed E-state index contributed by atoms with van der Waals surface area (Å²) in [6, 6.07) is 4.98. The van der Waals surface area contributed by atoms with Crippen molar-refractivity contribution < 1.29 is 0 Å². The molecule has 0 aliphatic rings. The third kappa shape index (κ3) is 4.05. The van der Waals surface area contributed by atoms with E-state index in [1.807, 2.05) is 0 Å². The molecule has 2 N–H and O–H groups in total. The Morgan fingerprint density at radius 3 is 2.21 bits per heavy atom. The maximum Gasteiger partial charge on any atom is 0.0473 e. The van der Waals surface area contributed by atoms with E-state index in [0.29, 0.717) is 12.6 Å². The fraction of sp³-hybridized carbons (Fsp3) is 0.647. The van der Waals surface area contributed by atoms with Crippen LogP contribution in [0.25, 0.3) is 0 Å². The molecule has 0 bridgehead atoms. The summed E-state index contributed by atoms with van der Waals surface area (Å²) in [6.07, 6.45) is 2.48. The van der Waals surface area contributed by atoms with Crippen molar-refractivity contribution in [2.24, 2.45) is 5.73 Å². The zero-order chi connectivity index (χ0) is 14.4. The van der Waals surface area contributed by atoms with Crippen LogP contribution in [0, 0.1) is 20.8 Å². The minimum Gasteiger partial charge on any atom is -0.329 e. The molecule has 0 fully saturated rings. The summed E-state index contributed by atoms with van der Waals surface area (Å²) in [5.41, 5.74) is 11.6. The SMILES string of the molecule is CCCCN(CC)C(CN)c1cc(C)c(C)cc1C. The molecule has 0 amide bonds. The standard InChI is InChI=1S/C17H30N2/c1-6-8-9-19(7-2)17(12-18)16-11-14(4)13(3)10-15(16)5/h10-11,17H,6-9,12,18H2,1-5H3. The summed E-state index contributed by atoms with van der Waals surface area (Å²) in [7, 11) is 0. The van der Waals surface area contributed by atoms with Crippen molar-refractivity contribution in [1.29, 1.82) is 0 Å². The molecule has 0 aromatic heterocycles. The second-order valence-electron chi connectivity index (χ2n) is 5.53. The lowest BCUT2D eigenvalue weighted by atomic mass is 9.94. The van der Waals surface area contributed by atoms with Crippen LogP contribution in [0.5, 0.6) is 0 Å². The summed E-state index contributed by atoms with van der Waals surface area (Å²) >= 11 is 0. The summed E-state index contributed by atoms with van der Waals surface area (Å²) in [5.74, 6) is 0. The summed E-state index contributed by atoms with van der Waals surface area (Å²) in [4.78, 5) is 2.51. The lowest BCUT2D eigenvalue weighted by molar-refractivity contribution is 0.208. The molecule has 0 aliphatic heterocycles. The first kappa shape index (κ1) is 16.2. The predicted octanol–water partition coefficient (Wildman–Crippen LogP) is 3.73. The van der Waals surface area contributed by atoms with Crippen LogP contribution in [0.15, 0.2) is 12.1 Å². The molecular weight excluding hydrogens is 232 g/mol. The summed E-state index contributed by atoms with van der Waals surface area (Å²) in [6.45, 7) is 13.9. The zero-order valence-electron chi connectivity index (χ0n) is 13.3. The van der Waals surface area contributed by atoms with E-state index < -0.39 is 0 Å². The summed E-state index contributed by atoms with van der Waals surface area (Å²) < 4.78 is 0. The van der Waals surface area contributed by atoms with Crippen molar-refractivity contribution >= 4 is 0 Å². The van der Waals surface area contributed by atoms with E-state index in [1.54, 1.807) is 0 Å². The second-order valence-corrected chi connectivity index (χ2v) is 5.53. The summed E-state index contributed by atoms with van der Waals surface area (Å²) in [5, 5.41) is 0. The third-order valence-electron chi connectivity index (χ3n) is 4.11. The van der Waals surface area contributed by atoms with Gasteiger partial charge >= 0.3 is 0 Å². The van der Waals surface area contributed by atoms with E-state index in [1.165, 1.54) is 35.1 Å². The van der Waals surface area contributed by atoms with Gasteiger partial charge in [0, 0.05) is 12.6 Å². The number of nitrogens with two attached hydrogens (primary N) is 1. The molecule has 1 aromatic carbocycles. The highest BCUT2D eigenvalue weighted by Crippen LogP contribution is 2.26. The van der Waals surface area contributed by atoms with Crippen molar-refractivity contribution in [2.45, 2.75) is 53.5 Å². The molecule has 2 nitrogen and oxygen atoms in total. The number of rotatable bonds is 7. The maximum atomic E-state index is 6.07. The Kier molecular flexibility index (Phi) is 6.53. The number of hydrogen-bond donors (Lipinski definition) is 1. The molecule has 0 radical (unpaired) electrons. The Morgan fingerprint density at radius 2 is 1.68 bits per heavy atom. The van der Waals surface area contributed by atoms with Gasteiger partial charge in [0.25, 0.3) is 0 Å². The molecule has 0 saturated carbocycles. The molecule has 0 saturated heterocycles. The first-order chi connectivity index (χ1) is 9.04. The van der Waals surface area contributed by atoms with Crippen molar-refractivity contribution in [3.63, 3.8) is 0 Å². The van der Waals surface area contributed by atoms with Crippen molar-refractivity contribution in [2.75, 3.05) is 19.6 Å². The number of nitrogens with zero attached hydrogens (tertiary/aromatic N) is 1. The van der Waals surface area contributed by atoms with E-state index in [0.717, 1.165) is 13.1 Å². The Hall–Kier alpha value is -0.860. The van der Waals surface area contributed by atoms with Crippen molar-refractivity contribution in [3.8, 4) is 0 Å². The first-order valence-corrected chi connectivity index (χ1v) is 7.56. The van der Waals surface area contributed by atoms with Gasteiger partial charge in [0.15, 0.2) is 0 Å². The number of hydrogen-bond acceptors (Lipinski definition) is 2. The van der Waals surface area contributed by atoms with Crippen LogP contribution in [0.3, 0.4) is 0 Å². The number of aryl methyl sites for hydroxylation is 3. The van der Waals surface area contributed by atoms with Crippen LogP contribution in [0.2, 0.25) is 0 Å². The first-order valence-electron chi connectivity index (χ1n) is 7.56. The average molecular weight is 262 g/mol. The minimum absolute atomic E-state index is 0.357. The van der Waals surface area contributed by atoms with Gasteiger partial charge in [-0.25, -0.2) is 0 Å². The van der Waals surface area contributed by atoms with E-state index in [4.69, 9.17) is 5.73 Å². The van der Waals surface area contributed by atoms with Gasteiger partial charge in [0.2, 0.25) is 0 Å². The van der Waals surface area contributed by atoms with Crippen molar-refractivity contribution in [3.05, 3.63) is 34.4 Å². The van der Waals surface area contributed by atoms with E-state index in [-0.39, 0.29) is 0 Å². The second kappa shape index (κ2) is 7.66. The minimum atomic E-state index is 0.357. The van der Waals surface area contributed by atoms with Gasteiger partial charge in [0.1, 0.15) is 0 Å². The Balaban J connectivity index is 3.04. The topological polar surface area (TPSA) is 29.3 Å². The maximum absolute atomic E-state index is 6.07. The predicted molar refractivity (Wildman–Crippen MR) is 84.6 cm³/mol. The zero-order valence-corrected chi connectivity index (χ0v) is 13.3. The van der Waals surface area contributed by atoms with E-state index in [9.17, 15) is 0 Å². The van der Waals surface area contributed by atoms with Crippen LogP contribution >= 0.6 is 0 Å². The normalized spacial score (nSPS) is 13.0.